The summed E-state index contributed by atoms with van der Waals surface area (Å²) in [5.41, 5.74) is 7.93. The second-order valence-corrected chi connectivity index (χ2v) is 12.5. The normalized spacial score (nSPS) is 12.0. The number of benzene rings is 7. The number of imidazole rings is 1. The largest absolute Gasteiger partial charge is 0.307 e. The zero-order valence-corrected chi connectivity index (χ0v) is 25.0. The highest BCUT2D eigenvalue weighted by Crippen LogP contribution is 2.45. The van der Waals surface area contributed by atoms with Crippen LogP contribution in [0, 0.1) is 0 Å². The van der Waals surface area contributed by atoms with Crippen LogP contribution in [-0.2, 0) is 0 Å². The first-order valence-corrected chi connectivity index (χ1v) is 16.1. The maximum absolute atomic E-state index is 5.12. The Balaban J connectivity index is 1.29. The van der Waals surface area contributed by atoms with E-state index in [2.05, 4.69) is 160 Å². The molecule has 0 aliphatic carbocycles. The van der Waals surface area contributed by atoms with Gasteiger partial charge in [-0.05, 0) is 81.5 Å². The van der Waals surface area contributed by atoms with Crippen molar-refractivity contribution >= 4 is 75.8 Å². The molecule has 0 atom stereocenters. The molecule has 45 heavy (non-hydrogen) atoms. The van der Waals surface area contributed by atoms with Crippen molar-refractivity contribution in [2.24, 2.45) is 0 Å². The molecule has 0 saturated heterocycles. The Morgan fingerprint density at radius 3 is 1.96 bits per heavy atom. The van der Waals surface area contributed by atoms with E-state index < -0.39 is 0 Å². The zero-order valence-electron chi connectivity index (χ0n) is 24.2. The molecule has 3 nitrogen and oxygen atoms in total. The molecule has 0 radical (unpaired) electrons. The highest BCUT2D eigenvalue weighted by Gasteiger charge is 2.21. The molecule has 0 aliphatic heterocycles. The first-order valence-electron chi connectivity index (χ1n) is 15.2. The second kappa shape index (κ2) is 9.39. The number of rotatable bonds is 3. The molecule has 0 amide bonds. The van der Waals surface area contributed by atoms with Gasteiger partial charge in [0.2, 0.25) is 0 Å². The van der Waals surface area contributed by atoms with Crippen molar-refractivity contribution < 1.29 is 0 Å². The van der Waals surface area contributed by atoms with E-state index in [4.69, 9.17) is 4.98 Å². The minimum Gasteiger partial charge on any atom is -0.307 e. The third-order valence-electron chi connectivity index (χ3n) is 9.18. The Kier molecular flexibility index (Phi) is 5.16. The predicted octanol–water partition coefficient (Wildman–Crippen LogP) is 11.3. The van der Waals surface area contributed by atoms with Crippen molar-refractivity contribution in [1.29, 1.82) is 0 Å². The van der Waals surface area contributed by atoms with Gasteiger partial charge in [0.05, 0.1) is 26.8 Å². The summed E-state index contributed by atoms with van der Waals surface area (Å²) in [7, 11) is 0. The number of nitrogens with zero attached hydrogens (tertiary/aromatic N) is 3. The number of aromatic nitrogens is 3. The van der Waals surface area contributed by atoms with E-state index in [-0.39, 0.29) is 0 Å². The summed E-state index contributed by atoms with van der Waals surface area (Å²) in [6.07, 6.45) is 0. The second-order valence-electron chi connectivity index (χ2n) is 11.6. The van der Waals surface area contributed by atoms with Crippen LogP contribution in [0.2, 0.25) is 0 Å². The monoisotopic (exact) mass is 591 g/mol. The van der Waals surface area contributed by atoms with Gasteiger partial charge in [0, 0.05) is 33.1 Å². The van der Waals surface area contributed by atoms with Crippen molar-refractivity contribution in [3.05, 3.63) is 151 Å². The van der Waals surface area contributed by atoms with Gasteiger partial charge >= 0.3 is 0 Å². The minimum atomic E-state index is 0.938. The molecular weight excluding hydrogens is 567 g/mol. The maximum atomic E-state index is 5.12. The van der Waals surface area contributed by atoms with Gasteiger partial charge in [-0.3, -0.25) is 4.57 Å². The van der Waals surface area contributed by atoms with Crippen LogP contribution in [-0.4, -0.2) is 14.1 Å². The van der Waals surface area contributed by atoms with Crippen LogP contribution in [0.5, 0.6) is 0 Å². The standard InChI is InChI=1S/C41H25N3S/c1-2-10-28(11-3-1)43-36-17-9-8-16-35(36)42-41(43)27-18-21-29(22-19-27)44-38-33-15-7-5-13-31(33)30-12-4-6-14-32(30)37(38)34-23-20-26-24-25-45-40(26)39(34)44/h1-25H. The molecule has 0 saturated carbocycles. The van der Waals surface area contributed by atoms with Gasteiger partial charge in [-0.1, -0.05) is 91.0 Å². The van der Waals surface area contributed by atoms with Crippen LogP contribution >= 0.6 is 11.3 Å². The molecule has 0 N–H and O–H groups in total. The van der Waals surface area contributed by atoms with Gasteiger partial charge in [0.15, 0.2) is 0 Å². The van der Waals surface area contributed by atoms with E-state index >= 15 is 0 Å². The fourth-order valence-electron chi connectivity index (χ4n) is 7.26. The number of thiophene rings is 1. The molecule has 7 aromatic carbocycles. The fraction of sp³-hybridized carbons (Fsp3) is 0. The van der Waals surface area contributed by atoms with Gasteiger partial charge in [0.25, 0.3) is 0 Å². The molecule has 3 heterocycles. The van der Waals surface area contributed by atoms with Crippen molar-refractivity contribution in [3.8, 4) is 22.8 Å². The summed E-state index contributed by atoms with van der Waals surface area (Å²) in [5.74, 6) is 0.938. The SMILES string of the molecule is c1ccc(-n2c(-c3ccc(-n4c5c(ccc6ccsc65)c5c6ccccc6c6ccccc6c54)cc3)nc3ccccc32)cc1. The minimum absolute atomic E-state index is 0.938. The summed E-state index contributed by atoms with van der Waals surface area (Å²) in [6.45, 7) is 0. The Bertz CT molecular complexity index is 2750. The van der Waals surface area contributed by atoms with Crippen LogP contribution in [0.25, 0.3) is 87.2 Å². The van der Waals surface area contributed by atoms with Crippen molar-refractivity contribution in [1.82, 2.24) is 14.1 Å². The summed E-state index contributed by atoms with van der Waals surface area (Å²) in [5, 5.41) is 11.2. The number of para-hydroxylation sites is 3. The summed E-state index contributed by atoms with van der Waals surface area (Å²) in [4.78, 5) is 5.12. The Morgan fingerprint density at radius 2 is 1.13 bits per heavy atom. The molecule has 3 aromatic heterocycles. The molecule has 210 valence electrons. The first kappa shape index (κ1) is 24.7. The molecule has 10 rings (SSSR count). The highest BCUT2D eigenvalue weighted by atomic mass is 32.1. The summed E-state index contributed by atoms with van der Waals surface area (Å²) >= 11 is 1.82. The summed E-state index contributed by atoms with van der Waals surface area (Å²) in [6, 6.07) is 52.4. The van der Waals surface area contributed by atoms with Gasteiger partial charge in [-0.25, -0.2) is 4.98 Å². The van der Waals surface area contributed by atoms with E-state index in [0.717, 1.165) is 33.8 Å². The average Bonchev–Trinajstić information content (AvgIpc) is 3.83. The lowest BCUT2D eigenvalue weighted by Crippen LogP contribution is -1.98. The van der Waals surface area contributed by atoms with Crippen LogP contribution in [0.4, 0.5) is 0 Å². The Morgan fingerprint density at radius 1 is 0.467 bits per heavy atom. The number of fused-ring (bicyclic) bond motifs is 11. The lowest BCUT2D eigenvalue weighted by Gasteiger charge is -2.13. The maximum Gasteiger partial charge on any atom is 0.145 e. The summed E-state index contributed by atoms with van der Waals surface area (Å²) < 4.78 is 6.08. The van der Waals surface area contributed by atoms with Gasteiger partial charge in [-0.15, -0.1) is 11.3 Å². The van der Waals surface area contributed by atoms with E-state index in [1.807, 2.05) is 11.3 Å². The third-order valence-corrected chi connectivity index (χ3v) is 10.1. The quantitative estimate of drug-likeness (QED) is 0.187. The molecule has 10 aromatic rings. The van der Waals surface area contributed by atoms with Crippen molar-refractivity contribution in [2.75, 3.05) is 0 Å². The Labute approximate surface area is 262 Å². The molecule has 0 bridgehead atoms. The molecule has 0 fully saturated rings. The zero-order chi connectivity index (χ0) is 29.5. The smallest absolute Gasteiger partial charge is 0.145 e. The topological polar surface area (TPSA) is 22.8 Å². The molecule has 4 heteroatoms. The molecule has 0 spiro atoms. The average molecular weight is 592 g/mol. The van der Waals surface area contributed by atoms with Crippen LogP contribution < -0.4 is 0 Å². The van der Waals surface area contributed by atoms with Crippen LogP contribution in [0.1, 0.15) is 0 Å². The molecular formula is C41H25N3S. The van der Waals surface area contributed by atoms with Crippen molar-refractivity contribution in [3.63, 3.8) is 0 Å². The van der Waals surface area contributed by atoms with E-state index in [1.54, 1.807) is 0 Å². The van der Waals surface area contributed by atoms with E-state index in [9.17, 15) is 0 Å². The molecule has 0 unspecified atom stereocenters. The van der Waals surface area contributed by atoms with E-state index in [1.165, 1.54) is 53.4 Å². The van der Waals surface area contributed by atoms with Gasteiger partial charge in [0.1, 0.15) is 5.82 Å². The first-order chi connectivity index (χ1) is 22.3. The predicted molar refractivity (Wildman–Crippen MR) is 191 cm³/mol. The van der Waals surface area contributed by atoms with Crippen LogP contribution in [0.3, 0.4) is 0 Å². The lowest BCUT2D eigenvalue weighted by molar-refractivity contribution is 1.10. The molecule has 0 aliphatic rings. The highest BCUT2D eigenvalue weighted by molar-refractivity contribution is 7.18. The van der Waals surface area contributed by atoms with Gasteiger partial charge in [-0.2, -0.15) is 0 Å². The van der Waals surface area contributed by atoms with Crippen molar-refractivity contribution in [2.45, 2.75) is 0 Å². The van der Waals surface area contributed by atoms with Gasteiger partial charge < -0.3 is 4.57 Å². The Hall–Kier alpha value is -5.71. The lowest BCUT2D eigenvalue weighted by atomic mass is 9.96. The number of hydrogen-bond donors (Lipinski definition) is 0. The fourth-order valence-corrected chi connectivity index (χ4v) is 8.19. The van der Waals surface area contributed by atoms with Crippen LogP contribution in [0.15, 0.2) is 151 Å². The van der Waals surface area contributed by atoms with E-state index in [0.29, 0.717) is 0 Å². The number of hydrogen-bond acceptors (Lipinski definition) is 2. The third kappa shape index (κ3) is 3.48.